The first-order valence-electron chi connectivity index (χ1n) is 7.03. The highest BCUT2D eigenvalue weighted by Crippen LogP contribution is 2.31. The van der Waals surface area contributed by atoms with Crippen LogP contribution >= 0.6 is 11.3 Å². The van der Waals surface area contributed by atoms with E-state index < -0.39 is 0 Å². The van der Waals surface area contributed by atoms with Crippen molar-refractivity contribution in [3.8, 4) is 5.75 Å². The van der Waals surface area contributed by atoms with Crippen molar-refractivity contribution in [2.75, 3.05) is 6.61 Å². The van der Waals surface area contributed by atoms with E-state index in [1.807, 2.05) is 36.0 Å². The predicted octanol–water partition coefficient (Wildman–Crippen LogP) is 4.14. The monoisotopic (exact) mass is 302 g/mol. The van der Waals surface area contributed by atoms with Crippen LogP contribution in [0, 0.1) is 0 Å². The highest BCUT2D eigenvalue weighted by atomic mass is 32.1. The summed E-state index contributed by atoms with van der Waals surface area (Å²) in [5.74, 6) is 1.71. The lowest BCUT2D eigenvalue weighted by atomic mass is 10.2. The minimum absolute atomic E-state index is 0.119. The van der Waals surface area contributed by atoms with Crippen LogP contribution < -0.4 is 10.1 Å². The number of rotatable bonds is 6. The third-order valence-corrected chi connectivity index (χ3v) is 3.96. The Balaban J connectivity index is 1.78. The van der Waals surface area contributed by atoms with Crippen molar-refractivity contribution in [2.45, 2.75) is 26.4 Å². The van der Waals surface area contributed by atoms with E-state index >= 15 is 0 Å². The van der Waals surface area contributed by atoms with Crippen molar-refractivity contribution < 1.29 is 9.15 Å². The van der Waals surface area contributed by atoms with E-state index in [-0.39, 0.29) is 6.04 Å². The van der Waals surface area contributed by atoms with Crippen molar-refractivity contribution in [1.82, 2.24) is 10.3 Å². The molecule has 0 unspecified atom stereocenters. The molecule has 1 atom stereocenters. The second kappa shape index (κ2) is 6.28. The predicted molar refractivity (Wildman–Crippen MR) is 84.8 cm³/mol. The molecule has 0 amide bonds. The van der Waals surface area contributed by atoms with E-state index in [1.165, 1.54) is 0 Å². The fourth-order valence-electron chi connectivity index (χ4n) is 2.22. The van der Waals surface area contributed by atoms with E-state index in [1.54, 1.807) is 11.3 Å². The first-order chi connectivity index (χ1) is 10.3. The van der Waals surface area contributed by atoms with Crippen LogP contribution in [0.5, 0.6) is 5.75 Å². The van der Waals surface area contributed by atoms with Crippen LogP contribution in [0.2, 0.25) is 0 Å². The number of para-hydroxylation sites is 1. The third-order valence-electron chi connectivity index (χ3n) is 3.33. The van der Waals surface area contributed by atoms with Gasteiger partial charge in [-0.05, 0) is 26.0 Å². The standard InChI is InChI=1S/C16H18N2O2S/c1-3-19-14-6-4-5-12-7-15(20-16(12)14)11(2)17-8-13-9-21-10-18-13/h4-7,9-11,17H,3,8H2,1-2H3/t11-/m0/s1. The fourth-order valence-corrected chi connectivity index (χ4v) is 2.78. The molecule has 0 aliphatic heterocycles. The molecule has 0 aliphatic carbocycles. The van der Waals surface area contributed by atoms with Gasteiger partial charge in [0.25, 0.3) is 0 Å². The Morgan fingerprint density at radius 3 is 3.10 bits per heavy atom. The molecule has 1 aromatic carbocycles. The Bertz CT molecular complexity index is 706. The molecule has 2 heterocycles. The smallest absolute Gasteiger partial charge is 0.176 e. The van der Waals surface area contributed by atoms with E-state index in [0.717, 1.165) is 34.7 Å². The minimum Gasteiger partial charge on any atom is -0.490 e. The summed E-state index contributed by atoms with van der Waals surface area (Å²) in [4.78, 5) is 4.27. The zero-order valence-electron chi connectivity index (χ0n) is 12.1. The van der Waals surface area contributed by atoms with E-state index in [0.29, 0.717) is 6.61 Å². The van der Waals surface area contributed by atoms with Gasteiger partial charge in [0.1, 0.15) is 5.76 Å². The summed E-state index contributed by atoms with van der Waals surface area (Å²) in [7, 11) is 0. The number of nitrogens with one attached hydrogen (secondary N) is 1. The first-order valence-corrected chi connectivity index (χ1v) is 7.98. The number of aromatic nitrogens is 1. The summed E-state index contributed by atoms with van der Waals surface area (Å²) in [6.45, 7) is 5.43. The van der Waals surface area contributed by atoms with Crippen molar-refractivity contribution in [3.63, 3.8) is 0 Å². The quantitative estimate of drug-likeness (QED) is 0.743. The van der Waals surface area contributed by atoms with Gasteiger partial charge >= 0.3 is 0 Å². The average Bonchev–Trinajstić information content (AvgIpc) is 3.14. The third kappa shape index (κ3) is 3.09. The topological polar surface area (TPSA) is 47.3 Å². The van der Waals surface area contributed by atoms with Crippen LogP contribution in [0.4, 0.5) is 0 Å². The lowest BCUT2D eigenvalue weighted by molar-refractivity contribution is 0.336. The van der Waals surface area contributed by atoms with Crippen LogP contribution in [0.3, 0.4) is 0 Å². The molecule has 3 rings (SSSR count). The highest BCUT2D eigenvalue weighted by molar-refractivity contribution is 7.07. The summed E-state index contributed by atoms with van der Waals surface area (Å²) in [6, 6.07) is 8.15. The highest BCUT2D eigenvalue weighted by Gasteiger charge is 2.14. The second-order valence-electron chi connectivity index (χ2n) is 4.84. The minimum atomic E-state index is 0.119. The van der Waals surface area contributed by atoms with Gasteiger partial charge in [-0.3, -0.25) is 0 Å². The van der Waals surface area contributed by atoms with Crippen LogP contribution in [-0.2, 0) is 6.54 Å². The Kier molecular flexibility index (Phi) is 4.22. The van der Waals surface area contributed by atoms with Gasteiger partial charge in [-0.2, -0.15) is 0 Å². The van der Waals surface area contributed by atoms with Gasteiger partial charge in [-0.1, -0.05) is 12.1 Å². The van der Waals surface area contributed by atoms with Gasteiger partial charge in [0.15, 0.2) is 11.3 Å². The SMILES string of the molecule is CCOc1cccc2cc([C@H](C)NCc3cscn3)oc12. The van der Waals surface area contributed by atoms with Crippen LogP contribution in [-0.4, -0.2) is 11.6 Å². The molecule has 21 heavy (non-hydrogen) atoms. The molecule has 5 heteroatoms. The molecule has 4 nitrogen and oxygen atoms in total. The largest absolute Gasteiger partial charge is 0.490 e. The maximum absolute atomic E-state index is 5.98. The van der Waals surface area contributed by atoms with Crippen LogP contribution in [0.25, 0.3) is 11.0 Å². The molecule has 0 saturated heterocycles. The summed E-state index contributed by atoms with van der Waals surface area (Å²) < 4.78 is 11.6. The van der Waals surface area contributed by atoms with Crippen LogP contribution in [0.1, 0.15) is 31.3 Å². The Labute approximate surface area is 127 Å². The molecule has 1 N–H and O–H groups in total. The van der Waals surface area contributed by atoms with Gasteiger partial charge in [0, 0.05) is 17.3 Å². The Morgan fingerprint density at radius 2 is 2.33 bits per heavy atom. The van der Waals surface area contributed by atoms with Gasteiger partial charge < -0.3 is 14.5 Å². The number of nitrogens with zero attached hydrogens (tertiary/aromatic N) is 1. The molecule has 0 bridgehead atoms. The number of ether oxygens (including phenoxy) is 1. The van der Waals surface area contributed by atoms with Crippen molar-refractivity contribution >= 4 is 22.3 Å². The first kappa shape index (κ1) is 14.1. The second-order valence-corrected chi connectivity index (χ2v) is 5.56. The fraction of sp³-hybridized carbons (Fsp3) is 0.312. The van der Waals surface area contributed by atoms with Crippen molar-refractivity contribution in [1.29, 1.82) is 0 Å². The molecule has 0 radical (unpaired) electrons. The summed E-state index contributed by atoms with van der Waals surface area (Å²) in [5, 5.41) is 6.54. The lowest BCUT2D eigenvalue weighted by Gasteiger charge is -2.09. The molecule has 110 valence electrons. The Hall–Kier alpha value is -1.85. The number of hydrogen-bond donors (Lipinski definition) is 1. The number of hydrogen-bond acceptors (Lipinski definition) is 5. The molecular formula is C16H18N2O2S. The van der Waals surface area contributed by atoms with E-state index in [9.17, 15) is 0 Å². The number of furan rings is 1. The van der Waals surface area contributed by atoms with Gasteiger partial charge in [0.05, 0.1) is 23.9 Å². The Morgan fingerprint density at radius 1 is 1.43 bits per heavy atom. The molecule has 0 aliphatic rings. The van der Waals surface area contributed by atoms with Gasteiger partial charge in [0.2, 0.25) is 0 Å². The molecule has 2 aromatic heterocycles. The zero-order chi connectivity index (χ0) is 14.7. The van der Waals surface area contributed by atoms with E-state index in [4.69, 9.17) is 9.15 Å². The maximum Gasteiger partial charge on any atom is 0.176 e. The molecule has 0 spiro atoms. The summed E-state index contributed by atoms with van der Waals surface area (Å²) in [6.07, 6.45) is 0. The molecule has 0 saturated carbocycles. The summed E-state index contributed by atoms with van der Waals surface area (Å²) >= 11 is 1.61. The molecule has 3 aromatic rings. The average molecular weight is 302 g/mol. The molecular weight excluding hydrogens is 284 g/mol. The lowest BCUT2D eigenvalue weighted by Crippen LogP contribution is -2.17. The maximum atomic E-state index is 5.98. The van der Waals surface area contributed by atoms with Crippen molar-refractivity contribution in [2.24, 2.45) is 0 Å². The zero-order valence-corrected chi connectivity index (χ0v) is 12.9. The normalized spacial score (nSPS) is 12.7. The van der Waals surface area contributed by atoms with Gasteiger partial charge in [-0.15, -0.1) is 11.3 Å². The summed E-state index contributed by atoms with van der Waals surface area (Å²) in [5.41, 5.74) is 3.71. The van der Waals surface area contributed by atoms with Gasteiger partial charge in [-0.25, -0.2) is 4.98 Å². The van der Waals surface area contributed by atoms with Crippen LogP contribution in [0.15, 0.2) is 39.6 Å². The van der Waals surface area contributed by atoms with Crippen molar-refractivity contribution in [3.05, 3.63) is 46.6 Å². The molecule has 0 fully saturated rings. The number of benzene rings is 1. The van der Waals surface area contributed by atoms with E-state index in [2.05, 4.69) is 23.3 Å². The number of fused-ring (bicyclic) bond motifs is 1. The number of thiazole rings is 1.